The van der Waals surface area contributed by atoms with Crippen LogP contribution in [0.5, 0.6) is 0 Å². The summed E-state index contributed by atoms with van der Waals surface area (Å²) in [6, 6.07) is 51.8. The maximum Gasteiger partial charge on any atom is -0.00639 e. The average molecular weight is 641 g/mol. The van der Waals surface area contributed by atoms with E-state index in [1.807, 2.05) is 45.9 Å². The van der Waals surface area contributed by atoms with Crippen molar-refractivity contribution in [1.29, 1.82) is 0 Å². The summed E-state index contributed by atoms with van der Waals surface area (Å²) in [5.41, 5.74) is 11.7. The zero-order valence-electron chi connectivity index (χ0n) is 30.1. The van der Waals surface area contributed by atoms with Gasteiger partial charge in [-0.05, 0) is 75.6 Å². The Bertz CT molecular complexity index is 1890. The van der Waals surface area contributed by atoms with Crippen molar-refractivity contribution in [3.8, 4) is 0 Å². The van der Waals surface area contributed by atoms with Crippen molar-refractivity contribution in [3.63, 3.8) is 0 Å². The topological polar surface area (TPSA) is 0 Å². The number of aryl methyl sites for hydroxylation is 1. The van der Waals surface area contributed by atoms with E-state index in [2.05, 4.69) is 171 Å². The van der Waals surface area contributed by atoms with Gasteiger partial charge in [-0.1, -0.05) is 216 Å². The maximum atomic E-state index is 3.12. The van der Waals surface area contributed by atoms with Crippen molar-refractivity contribution in [2.45, 2.75) is 53.9 Å². The molecule has 49 heavy (non-hydrogen) atoms. The van der Waals surface area contributed by atoms with Gasteiger partial charge in [-0.2, -0.15) is 0 Å². The van der Waals surface area contributed by atoms with Gasteiger partial charge in [0.2, 0.25) is 0 Å². The molecule has 0 radical (unpaired) electrons. The van der Waals surface area contributed by atoms with E-state index in [4.69, 9.17) is 0 Å². The van der Waals surface area contributed by atoms with Crippen LogP contribution in [0.1, 0.15) is 62.8 Å². The van der Waals surface area contributed by atoms with Gasteiger partial charge in [0.05, 0.1) is 0 Å². The second-order valence-corrected chi connectivity index (χ2v) is 11.2. The average Bonchev–Trinajstić information content (AvgIpc) is 3.17. The van der Waals surface area contributed by atoms with Crippen LogP contribution in [-0.2, 0) is 6.42 Å². The summed E-state index contributed by atoms with van der Waals surface area (Å²) < 4.78 is 0. The molecule has 1 aliphatic carbocycles. The minimum absolute atomic E-state index is 1.04. The van der Waals surface area contributed by atoms with E-state index < -0.39 is 0 Å². The van der Waals surface area contributed by atoms with Crippen molar-refractivity contribution in [2.24, 2.45) is 0 Å². The lowest BCUT2D eigenvalue weighted by atomic mass is 9.87. The van der Waals surface area contributed by atoms with E-state index >= 15 is 0 Å². The highest BCUT2D eigenvalue weighted by atomic mass is 14.2. The van der Waals surface area contributed by atoms with E-state index in [0.717, 1.165) is 19.3 Å². The molecule has 7 rings (SSSR count). The number of hydrogen-bond donors (Lipinski definition) is 0. The molecule has 248 valence electrons. The normalized spacial score (nSPS) is 11.2. The largest absolute Gasteiger partial charge is 0.137 e. The molecule has 0 aliphatic heterocycles. The Balaban J connectivity index is 0.000000397. The minimum atomic E-state index is 1.04. The molecule has 0 heterocycles. The molecule has 1 aliphatic rings. The molecule has 0 bridgehead atoms. The van der Waals surface area contributed by atoms with Crippen molar-refractivity contribution < 1.29 is 0 Å². The van der Waals surface area contributed by atoms with Crippen LogP contribution in [0, 0.1) is 6.92 Å². The minimum Gasteiger partial charge on any atom is -0.137 e. The number of fused-ring (bicyclic) bond motifs is 2. The monoisotopic (exact) mass is 640 g/mol. The molecule has 0 heteroatoms. The van der Waals surface area contributed by atoms with Gasteiger partial charge >= 0.3 is 0 Å². The molecule has 0 unspecified atom stereocenters. The second kappa shape index (κ2) is 21.5. The van der Waals surface area contributed by atoms with Crippen LogP contribution in [0.15, 0.2) is 194 Å². The summed E-state index contributed by atoms with van der Waals surface area (Å²) in [5.74, 6) is 0. The predicted octanol–water partition coefficient (Wildman–Crippen LogP) is 14.3. The quantitative estimate of drug-likeness (QED) is 0.165. The molecule has 0 spiro atoms. The zero-order chi connectivity index (χ0) is 35.3. The summed E-state index contributed by atoms with van der Waals surface area (Å²) in [7, 11) is 0. The lowest BCUT2D eigenvalue weighted by Gasteiger charge is -2.17. The first-order chi connectivity index (χ1) is 24.2. The summed E-state index contributed by atoms with van der Waals surface area (Å²) in [6.45, 7) is 16.3. The Hall–Kier alpha value is -5.42. The van der Waals surface area contributed by atoms with Crippen molar-refractivity contribution in [2.75, 3.05) is 0 Å². The van der Waals surface area contributed by atoms with Gasteiger partial charge < -0.3 is 0 Å². The Kier molecular flexibility index (Phi) is 16.7. The number of hydrogen-bond acceptors (Lipinski definition) is 0. The van der Waals surface area contributed by atoms with Crippen molar-refractivity contribution in [1.82, 2.24) is 0 Å². The zero-order valence-corrected chi connectivity index (χ0v) is 30.1. The fourth-order valence-corrected chi connectivity index (χ4v) is 5.76. The number of benzene rings is 6. The molecule has 0 saturated carbocycles. The van der Waals surface area contributed by atoms with Gasteiger partial charge in [0.15, 0.2) is 0 Å². The molecular weight excluding hydrogens is 589 g/mol. The molecule has 6 aromatic rings. The predicted molar refractivity (Wildman–Crippen MR) is 219 cm³/mol. The highest BCUT2D eigenvalue weighted by Gasteiger charge is 2.14. The lowest BCUT2D eigenvalue weighted by molar-refractivity contribution is 0.886. The fraction of sp³-hybridized carbons (Fsp3) is 0.163. The Morgan fingerprint density at radius 1 is 0.551 bits per heavy atom. The second-order valence-electron chi connectivity index (χ2n) is 11.2. The SMILES string of the molecule is C1=C(C=C(c2cccc3ccccc23)c2cccc3ccccc23)CCC(Cc2ccccc2)=C1.C=C=C.CC.CC.Cc1ccccc1. The summed E-state index contributed by atoms with van der Waals surface area (Å²) in [4.78, 5) is 0. The number of rotatable bonds is 5. The molecule has 0 atom stereocenters. The van der Waals surface area contributed by atoms with Crippen LogP contribution in [0.3, 0.4) is 0 Å². The van der Waals surface area contributed by atoms with Gasteiger partial charge in [-0.3, -0.25) is 0 Å². The highest BCUT2D eigenvalue weighted by Crippen LogP contribution is 2.36. The van der Waals surface area contributed by atoms with E-state index in [1.165, 1.54) is 60.5 Å². The molecule has 0 N–H and O–H groups in total. The van der Waals surface area contributed by atoms with Crippen LogP contribution in [0.2, 0.25) is 0 Å². The summed E-state index contributed by atoms with van der Waals surface area (Å²) in [5, 5.41) is 5.15. The van der Waals surface area contributed by atoms with Gasteiger partial charge in [-0.15, -0.1) is 5.73 Å². The van der Waals surface area contributed by atoms with Gasteiger partial charge in [0.1, 0.15) is 0 Å². The number of allylic oxidation sites excluding steroid dienone is 5. The Morgan fingerprint density at radius 2 is 1.00 bits per heavy atom. The maximum absolute atomic E-state index is 3.12. The van der Waals surface area contributed by atoms with Crippen molar-refractivity contribution in [3.05, 3.63) is 216 Å². The Morgan fingerprint density at radius 3 is 1.45 bits per heavy atom. The van der Waals surface area contributed by atoms with E-state index in [-0.39, 0.29) is 0 Å². The van der Waals surface area contributed by atoms with E-state index in [9.17, 15) is 0 Å². The van der Waals surface area contributed by atoms with Crippen molar-refractivity contribution >= 4 is 27.1 Å². The van der Waals surface area contributed by atoms with Crippen LogP contribution in [-0.4, -0.2) is 0 Å². The van der Waals surface area contributed by atoms with Crippen LogP contribution in [0.25, 0.3) is 27.1 Å². The molecule has 6 aromatic carbocycles. The van der Waals surface area contributed by atoms with Gasteiger partial charge in [0.25, 0.3) is 0 Å². The van der Waals surface area contributed by atoms with Gasteiger partial charge in [-0.25, -0.2) is 0 Å². The first kappa shape index (κ1) is 38.0. The first-order valence-electron chi connectivity index (χ1n) is 17.6. The third kappa shape index (κ3) is 11.4. The first-order valence-corrected chi connectivity index (χ1v) is 17.6. The highest BCUT2D eigenvalue weighted by molar-refractivity contribution is 6.04. The summed E-state index contributed by atoms with van der Waals surface area (Å²) >= 11 is 0. The molecular formula is C49H52. The molecule has 0 fully saturated rings. The standard InChI is InChI=1S/C35H28.C7H8.C3H4.2C2H6/c1-2-10-26(11-3-1)24-27-20-22-28(23-21-27)25-35(33-18-8-14-29-12-4-6-16-31(29)33)34-19-9-15-30-13-5-7-17-32(30)34;1-7-5-3-2-4-6-7;1-3-2;2*1-2/h1-20,22,25H,21,23-24H2;2-6H,1H3;1-2H2;2*1-2H3. The molecule has 0 amide bonds. The fourth-order valence-electron chi connectivity index (χ4n) is 5.76. The van der Waals surface area contributed by atoms with Crippen LogP contribution in [0.4, 0.5) is 0 Å². The lowest BCUT2D eigenvalue weighted by Crippen LogP contribution is -1.98. The molecule has 0 aromatic heterocycles. The van der Waals surface area contributed by atoms with E-state index in [0.29, 0.717) is 0 Å². The smallest absolute Gasteiger partial charge is 0.00639 e. The molecule has 0 saturated heterocycles. The van der Waals surface area contributed by atoms with Crippen LogP contribution < -0.4 is 0 Å². The third-order valence-electron chi connectivity index (χ3n) is 7.97. The third-order valence-corrected chi connectivity index (χ3v) is 7.97. The summed E-state index contributed by atoms with van der Waals surface area (Å²) in [6.07, 6.45) is 10.3. The van der Waals surface area contributed by atoms with E-state index in [1.54, 1.807) is 0 Å². The van der Waals surface area contributed by atoms with Gasteiger partial charge in [0, 0.05) is 0 Å². The van der Waals surface area contributed by atoms with Crippen LogP contribution >= 0.6 is 0 Å². The Labute approximate surface area is 296 Å². The molecule has 0 nitrogen and oxygen atoms in total.